The molecule has 0 bridgehead atoms. The minimum Gasteiger partial charge on any atom is -0.508 e. The molecule has 8 heteroatoms. The Morgan fingerprint density at radius 1 is 0.711 bits per heavy atom. The largest absolute Gasteiger partial charge is 0.508 e. The zero-order valence-electron chi connectivity index (χ0n) is 19.9. The first-order valence-corrected chi connectivity index (χ1v) is 12.0. The van der Waals surface area contributed by atoms with Crippen LogP contribution in [0.5, 0.6) is 34.5 Å². The van der Waals surface area contributed by atoms with Crippen LogP contribution >= 0.6 is 0 Å². The molecule has 4 N–H and O–H groups in total. The smallest absolute Gasteiger partial charge is 0.178 e. The summed E-state index contributed by atoms with van der Waals surface area (Å²) in [6.45, 7) is 0. The first kappa shape index (κ1) is 23.4. The molecule has 0 aliphatic carbocycles. The molecule has 8 nitrogen and oxygen atoms in total. The normalized spacial score (nSPS) is 19.7. The summed E-state index contributed by atoms with van der Waals surface area (Å²) >= 11 is 0. The Labute approximate surface area is 217 Å². The minimum atomic E-state index is -0.919. The Bertz CT molecular complexity index is 1570. The van der Waals surface area contributed by atoms with Crippen LogP contribution in [0.2, 0.25) is 0 Å². The second-order valence-electron chi connectivity index (χ2n) is 9.38. The predicted octanol–water partition coefficient (Wildman–Crippen LogP) is 5.32. The van der Waals surface area contributed by atoms with Crippen LogP contribution in [0, 0.1) is 0 Å². The topological polar surface area (TPSA) is 134 Å². The van der Waals surface area contributed by atoms with Crippen molar-refractivity contribution in [3.05, 3.63) is 107 Å². The van der Waals surface area contributed by atoms with E-state index in [0.717, 1.165) is 11.6 Å². The number of phenolic OH excluding ortho intramolecular Hbond substituents is 4. The number of hydrogen-bond donors (Lipinski definition) is 4. The van der Waals surface area contributed by atoms with E-state index in [2.05, 4.69) is 0 Å². The van der Waals surface area contributed by atoms with Gasteiger partial charge in [-0.1, -0.05) is 24.3 Å². The SMILES string of the molecule is O=C1CC(c2ccc(O)cc2)Oc2cc3c(cc21)[C@@H](C(=O)c1ccc(O)cc1O)[C@H](c1ccc(O)cc1)O3. The Hall–Kier alpha value is -4.98. The molecule has 3 atom stereocenters. The molecule has 0 aromatic heterocycles. The molecule has 2 aliphatic heterocycles. The van der Waals surface area contributed by atoms with Crippen LogP contribution in [-0.4, -0.2) is 32.0 Å². The van der Waals surface area contributed by atoms with Gasteiger partial charge in [-0.3, -0.25) is 9.59 Å². The maximum absolute atomic E-state index is 13.8. The van der Waals surface area contributed by atoms with E-state index in [1.54, 1.807) is 36.4 Å². The van der Waals surface area contributed by atoms with E-state index in [-0.39, 0.29) is 40.8 Å². The molecule has 38 heavy (non-hydrogen) atoms. The Morgan fingerprint density at radius 2 is 1.34 bits per heavy atom. The van der Waals surface area contributed by atoms with Crippen molar-refractivity contribution in [3.8, 4) is 34.5 Å². The molecule has 4 aromatic carbocycles. The highest BCUT2D eigenvalue weighted by Gasteiger charge is 2.43. The molecular weight excluding hydrogens is 488 g/mol. The molecule has 0 amide bonds. The van der Waals surface area contributed by atoms with Gasteiger partial charge in [0.15, 0.2) is 11.6 Å². The summed E-state index contributed by atoms with van der Waals surface area (Å²) in [5, 5.41) is 39.5. The van der Waals surface area contributed by atoms with Crippen molar-refractivity contribution in [2.45, 2.75) is 24.5 Å². The highest BCUT2D eigenvalue weighted by atomic mass is 16.5. The van der Waals surface area contributed by atoms with Crippen molar-refractivity contribution in [2.24, 2.45) is 0 Å². The van der Waals surface area contributed by atoms with E-state index in [1.807, 2.05) is 0 Å². The lowest BCUT2D eigenvalue weighted by Crippen LogP contribution is -2.21. The number of Topliss-reactive ketones (excluding diaryl/α,β-unsaturated/α-hetero) is 2. The van der Waals surface area contributed by atoms with Crippen molar-refractivity contribution < 1.29 is 39.5 Å². The van der Waals surface area contributed by atoms with Crippen molar-refractivity contribution in [3.63, 3.8) is 0 Å². The van der Waals surface area contributed by atoms with Gasteiger partial charge in [-0.25, -0.2) is 0 Å². The minimum absolute atomic E-state index is 0.000667. The summed E-state index contributed by atoms with van der Waals surface area (Å²) in [6.07, 6.45) is -1.27. The van der Waals surface area contributed by atoms with Crippen LogP contribution in [0.4, 0.5) is 0 Å². The number of ketones is 2. The van der Waals surface area contributed by atoms with E-state index >= 15 is 0 Å². The van der Waals surface area contributed by atoms with Gasteiger partial charge in [0.1, 0.15) is 46.7 Å². The van der Waals surface area contributed by atoms with Gasteiger partial charge in [-0.15, -0.1) is 0 Å². The third-order valence-corrected chi connectivity index (χ3v) is 6.96. The molecule has 0 fully saturated rings. The van der Waals surface area contributed by atoms with Crippen molar-refractivity contribution in [1.29, 1.82) is 0 Å². The number of aromatic hydroxyl groups is 4. The van der Waals surface area contributed by atoms with Crippen molar-refractivity contribution in [2.75, 3.05) is 0 Å². The van der Waals surface area contributed by atoms with Crippen LogP contribution in [-0.2, 0) is 0 Å². The first-order valence-electron chi connectivity index (χ1n) is 12.0. The van der Waals surface area contributed by atoms with Crippen LogP contribution < -0.4 is 9.47 Å². The summed E-state index contributed by atoms with van der Waals surface area (Å²) in [7, 11) is 0. The lowest BCUT2D eigenvalue weighted by atomic mass is 9.83. The second kappa shape index (κ2) is 8.85. The first-order chi connectivity index (χ1) is 18.3. The van der Waals surface area contributed by atoms with Gasteiger partial charge in [0.05, 0.1) is 23.5 Å². The number of ether oxygens (including phenoxy) is 2. The quantitative estimate of drug-likeness (QED) is 0.271. The molecule has 1 unspecified atom stereocenters. The Balaban J connectivity index is 1.43. The number of hydrogen-bond acceptors (Lipinski definition) is 8. The van der Waals surface area contributed by atoms with Gasteiger partial charge in [0, 0.05) is 17.7 Å². The zero-order valence-corrected chi connectivity index (χ0v) is 19.9. The van der Waals surface area contributed by atoms with E-state index < -0.39 is 23.9 Å². The molecule has 0 spiro atoms. The molecule has 0 saturated carbocycles. The number of carbonyl (C=O) groups is 2. The fraction of sp³-hybridized carbons (Fsp3) is 0.133. The lowest BCUT2D eigenvalue weighted by molar-refractivity contribution is 0.0848. The van der Waals surface area contributed by atoms with E-state index in [1.165, 1.54) is 36.4 Å². The third-order valence-electron chi connectivity index (χ3n) is 6.96. The summed E-state index contributed by atoms with van der Waals surface area (Å²) < 4.78 is 12.4. The van der Waals surface area contributed by atoms with Gasteiger partial charge in [0.25, 0.3) is 0 Å². The Morgan fingerprint density at radius 3 is 2.00 bits per heavy atom. The number of phenols is 4. The molecular formula is C30H22O8. The molecule has 2 heterocycles. The van der Waals surface area contributed by atoms with Crippen LogP contribution in [0.3, 0.4) is 0 Å². The molecule has 2 aliphatic rings. The van der Waals surface area contributed by atoms with Gasteiger partial charge < -0.3 is 29.9 Å². The Kier molecular flexibility index (Phi) is 5.45. The highest BCUT2D eigenvalue weighted by Crippen LogP contribution is 2.52. The average Bonchev–Trinajstić information content (AvgIpc) is 3.26. The van der Waals surface area contributed by atoms with E-state index in [9.17, 15) is 30.0 Å². The summed E-state index contributed by atoms with van der Waals surface area (Å²) in [5.41, 5.74) is 2.14. The fourth-order valence-corrected chi connectivity index (χ4v) is 5.05. The summed E-state index contributed by atoms with van der Waals surface area (Å²) in [6, 6.07) is 19.7. The predicted molar refractivity (Wildman–Crippen MR) is 135 cm³/mol. The maximum Gasteiger partial charge on any atom is 0.178 e. The number of benzene rings is 4. The van der Waals surface area contributed by atoms with Gasteiger partial charge in [-0.05, 0) is 53.6 Å². The number of carbonyl (C=O) groups excluding carboxylic acids is 2. The van der Waals surface area contributed by atoms with Crippen LogP contribution in [0.1, 0.15) is 62.0 Å². The molecule has 190 valence electrons. The molecule has 0 saturated heterocycles. The van der Waals surface area contributed by atoms with Crippen molar-refractivity contribution in [1.82, 2.24) is 0 Å². The van der Waals surface area contributed by atoms with Crippen LogP contribution in [0.25, 0.3) is 0 Å². The third kappa shape index (κ3) is 3.96. The summed E-state index contributed by atoms with van der Waals surface area (Å²) in [5.74, 6) is -1.25. The standard InChI is InChI=1S/C30H22O8/c31-17-5-1-15(2-6-17)25-13-24(35)21-12-22-27(14-26(21)37-25)38-30(16-3-7-18(32)8-4-16)28(22)29(36)20-10-9-19(33)11-23(20)34/h1-12,14,25,28,30-34H,13H2/t25?,28-,30-/m0/s1. The highest BCUT2D eigenvalue weighted by molar-refractivity contribution is 6.06. The molecule has 4 aromatic rings. The number of fused-ring (bicyclic) bond motifs is 2. The summed E-state index contributed by atoms with van der Waals surface area (Å²) in [4.78, 5) is 27.0. The van der Waals surface area contributed by atoms with E-state index in [4.69, 9.17) is 9.47 Å². The fourth-order valence-electron chi connectivity index (χ4n) is 5.05. The maximum atomic E-state index is 13.8. The average molecular weight is 510 g/mol. The van der Waals surface area contributed by atoms with Gasteiger partial charge in [0.2, 0.25) is 0 Å². The number of rotatable bonds is 4. The van der Waals surface area contributed by atoms with Gasteiger partial charge >= 0.3 is 0 Å². The molecule has 0 radical (unpaired) electrons. The van der Waals surface area contributed by atoms with Crippen LogP contribution in [0.15, 0.2) is 78.9 Å². The van der Waals surface area contributed by atoms with E-state index in [0.29, 0.717) is 28.2 Å². The second-order valence-corrected chi connectivity index (χ2v) is 9.38. The van der Waals surface area contributed by atoms with Gasteiger partial charge in [-0.2, -0.15) is 0 Å². The zero-order chi connectivity index (χ0) is 26.6. The lowest BCUT2D eigenvalue weighted by Gasteiger charge is -2.26. The van der Waals surface area contributed by atoms with Crippen molar-refractivity contribution >= 4 is 11.6 Å². The molecule has 6 rings (SSSR count). The monoisotopic (exact) mass is 510 g/mol.